The van der Waals surface area contributed by atoms with Crippen LogP contribution in [0.2, 0.25) is 0 Å². The van der Waals surface area contributed by atoms with Gasteiger partial charge in [-0.05, 0) is 38.0 Å². The molecule has 1 heterocycles. The third kappa shape index (κ3) is 3.90. The molecule has 0 aliphatic carbocycles. The number of nitrogens with one attached hydrogen (secondary N) is 3. The second-order valence-corrected chi connectivity index (χ2v) is 6.20. The molecule has 0 aromatic heterocycles. The first-order chi connectivity index (χ1) is 11.1. The van der Waals surface area contributed by atoms with Gasteiger partial charge >= 0.3 is 0 Å². The van der Waals surface area contributed by atoms with Gasteiger partial charge in [0.15, 0.2) is 6.29 Å². The molecule has 2 aromatic rings. The second-order valence-electron chi connectivity index (χ2n) is 6.20. The average Bonchev–Trinajstić information content (AvgIpc) is 2.54. The molecular formula is C19H23N3O. The maximum Gasteiger partial charge on any atom is 0.227 e. The van der Waals surface area contributed by atoms with Crippen LogP contribution < -0.4 is 16.0 Å². The summed E-state index contributed by atoms with van der Waals surface area (Å²) in [5, 5.41) is 9.77. The van der Waals surface area contributed by atoms with Gasteiger partial charge in [-0.1, -0.05) is 48.0 Å². The van der Waals surface area contributed by atoms with Crippen LogP contribution in [0, 0.1) is 12.8 Å². The number of anilines is 1. The van der Waals surface area contributed by atoms with E-state index in [0.717, 1.165) is 12.1 Å². The molecule has 0 bridgehead atoms. The minimum Gasteiger partial charge on any atom is -0.353 e. The molecular weight excluding hydrogens is 286 g/mol. The molecule has 1 amide bonds. The van der Waals surface area contributed by atoms with Crippen LogP contribution in [-0.2, 0) is 11.2 Å². The molecule has 0 saturated carbocycles. The molecule has 3 rings (SSSR count). The Labute approximate surface area is 137 Å². The molecule has 120 valence electrons. The standard InChI is InChI=1S/C19H23N3O/c1-13-8-10-16(11-9-13)21-19-20-14(2)17(18(23)22-19)12-15-6-4-3-5-7-15/h3-11,14,17,19-21H,12H2,1-2H3,(H,22,23). The summed E-state index contributed by atoms with van der Waals surface area (Å²) in [6, 6.07) is 18.4. The van der Waals surface area contributed by atoms with Gasteiger partial charge < -0.3 is 10.6 Å². The van der Waals surface area contributed by atoms with E-state index in [1.165, 1.54) is 11.1 Å². The lowest BCUT2D eigenvalue weighted by Gasteiger charge is -2.36. The zero-order chi connectivity index (χ0) is 16.2. The number of aryl methyl sites for hydroxylation is 1. The van der Waals surface area contributed by atoms with Crippen molar-refractivity contribution in [2.24, 2.45) is 5.92 Å². The Morgan fingerprint density at radius 2 is 1.74 bits per heavy atom. The van der Waals surface area contributed by atoms with E-state index in [2.05, 4.69) is 54.1 Å². The Morgan fingerprint density at radius 1 is 1.04 bits per heavy atom. The molecule has 0 spiro atoms. The SMILES string of the molecule is Cc1ccc(NC2NC(=O)C(Cc3ccccc3)C(C)N2)cc1. The topological polar surface area (TPSA) is 53.2 Å². The smallest absolute Gasteiger partial charge is 0.227 e. The van der Waals surface area contributed by atoms with Gasteiger partial charge in [0.25, 0.3) is 0 Å². The minimum atomic E-state index is -0.243. The van der Waals surface area contributed by atoms with Crippen molar-refractivity contribution in [1.82, 2.24) is 10.6 Å². The first-order valence-electron chi connectivity index (χ1n) is 8.05. The zero-order valence-corrected chi connectivity index (χ0v) is 13.5. The lowest BCUT2D eigenvalue weighted by Crippen LogP contribution is -2.63. The van der Waals surface area contributed by atoms with Gasteiger partial charge in [-0.25, -0.2) is 0 Å². The highest BCUT2D eigenvalue weighted by Crippen LogP contribution is 2.17. The number of benzene rings is 2. The lowest BCUT2D eigenvalue weighted by atomic mass is 9.91. The molecule has 1 aliphatic rings. The van der Waals surface area contributed by atoms with Crippen molar-refractivity contribution in [3.63, 3.8) is 0 Å². The van der Waals surface area contributed by atoms with Crippen molar-refractivity contribution >= 4 is 11.6 Å². The Balaban J connectivity index is 1.62. The highest BCUT2D eigenvalue weighted by Gasteiger charge is 2.33. The van der Waals surface area contributed by atoms with Crippen LogP contribution >= 0.6 is 0 Å². The highest BCUT2D eigenvalue weighted by molar-refractivity contribution is 5.81. The van der Waals surface area contributed by atoms with Crippen LogP contribution in [0.4, 0.5) is 5.69 Å². The fourth-order valence-electron chi connectivity index (χ4n) is 2.93. The predicted octanol–water partition coefficient (Wildman–Crippen LogP) is 2.66. The van der Waals surface area contributed by atoms with E-state index in [9.17, 15) is 4.79 Å². The predicted molar refractivity (Wildman–Crippen MR) is 93.0 cm³/mol. The molecule has 1 saturated heterocycles. The van der Waals surface area contributed by atoms with Crippen LogP contribution in [0.25, 0.3) is 0 Å². The van der Waals surface area contributed by atoms with E-state index >= 15 is 0 Å². The van der Waals surface area contributed by atoms with Gasteiger partial charge in [-0.3, -0.25) is 10.1 Å². The number of hydrogen-bond acceptors (Lipinski definition) is 3. The molecule has 3 atom stereocenters. The molecule has 2 aromatic carbocycles. The van der Waals surface area contributed by atoms with Crippen molar-refractivity contribution in [3.8, 4) is 0 Å². The number of amides is 1. The third-order valence-electron chi connectivity index (χ3n) is 4.32. The summed E-state index contributed by atoms with van der Waals surface area (Å²) in [5.41, 5.74) is 3.39. The molecule has 4 heteroatoms. The molecule has 4 nitrogen and oxygen atoms in total. The molecule has 3 unspecified atom stereocenters. The van der Waals surface area contributed by atoms with Gasteiger partial charge in [0.1, 0.15) is 0 Å². The first-order valence-corrected chi connectivity index (χ1v) is 8.05. The zero-order valence-electron chi connectivity index (χ0n) is 13.5. The minimum absolute atomic E-state index is 0.0616. The van der Waals surface area contributed by atoms with E-state index < -0.39 is 0 Å². The van der Waals surface area contributed by atoms with Crippen LogP contribution in [0.15, 0.2) is 54.6 Å². The van der Waals surface area contributed by atoms with Crippen LogP contribution in [0.5, 0.6) is 0 Å². The molecule has 1 aliphatic heterocycles. The second kappa shape index (κ2) is 6.84. The molecule has 1 fully saturated rings. The summed E-state index contributed by atoms with van der Waals surface area (Å²) in [4.78, 5) is 12.5. The summed E-state index contributed by atoms with van der Waals surface area (Å²) < 4.78 is 0. The van der Waals surface area contributed by atoms with E-state index in [0.29, 0.717) is 0 Å². The normalized spacial score (nSPS) is 24.1. The molecule has 0 radical (unpaired) electrons. The largest absolute Gasteiger partial charge is 0.353 e. The number of carbonyl (C=O) groups is 1. The summed E-state index contributed by atoms with van der Waals surface area (Å²) >= 11 is 0. The van der Waals surface area contributed by atoms with Gasteiger partial charge in [0, 0.05) is 11.7 Å². The molecule has 23 heavy (non-hydrogen) atoms. The fraction of sp³-hybridized carbons (Fsp3) is 0.316. The number of hydrogen-bond donors (Lipinski definition) is 3. The summed E-state index contributed by atoms with van der Waals surface area (Å²) in [7, 11) is 0. The summed E-state index contributed by atoms with van der Waals surface area (Å²) in [6.45, 7) is 4.12. The van der Waals surface area contributed by atoms with E-state index in [-0.39, 0.29) is 24.2 Å². The van der Waals surface area contributed by atoms with Gasteiger partial charge in [0.05, 0.1) is 5.92 Å². The van der Waals surface area contributed by atoms with E-state index in [4.69, 9.17) is 0 Å². The lowest BCUT2D eigenvalue weighted by molar-refractivity contribution is -0.128. The quantitative estimate of drug-likeness (QED) is 0.814. The van der Waals surface area contributed by atoms with Crippen molar-refractivity contribution in [3.05, 3.63) is 65.7 Å². The first kappa shape index (κ1) is 15.6. The van der Waals surface area contributed by atoms with Crippen LogP contribution in [-0.4, -0.2) is 18.2 Å². The Hall–Kier alpha value is -2.33. The maximum atomic E-state index is 12.5. The number of carbonyl (C=O) groups excluding carboxylic acids is 1. The Bertz CT molecular complexity index is 654. The monoisotopic (exact) mass is 309 g/mol. The Morgan fingerprint density at radius 3 is 2.39 bits per heavy atom. The van der Waals surface area contributed by atoms with Crippen molar-refractivity contribution in [2.45, 2.75) is 32.6 Å². The third-order valence-corrected chi connectivity index (χ3v) is 4.32. The van der Waals surface area contributed by atoms with Crippen LogP contribution in [0.3, 0.4) is 0 Å². The summed E-state index contributed by atoms with van der Waals surface area (Å²) in [6.07, 6.45) is 0.505. The van der Waals surface area contributed by atoms with Crippen molar-refractivity contribution in [1.29, 1.82) is 0 Å². The van der Waals surface area contributed by atoms with Gasteiger partial charge in [0.2, 0.25) is 5.91 Å². The van der Waals surface area contributed by atoms with Gasteiger partial charge in [-0.15, -0.1) is 0 Å². The molecule has 3 N–H and O–H groups in total. The van der Waals surface area contributed by atoms with Crippen LogP contribution in [0.1, 0.15) is 18.1 Å². The van der Waals surface area contributed by atoms with E-state index in [1.54, 1.807) is 0 Å². The average molecular weight is 309 g/mol. The Kier molecular flexibility index (Phi) is 4.63. The van der Waals surface area contributed by atoms with Crippen molar-refractivity contribution < 1.29 is 4.79 Å². The van der Waals surface area contributed by atoms with Crippen molar-refractivity contribution in [2.75, 3.05) is 5.32 Å². The summed E-state index contributed by atoms with van der Waals surface area (Å²) in [5.74, 6) is 0.0261. The van der Waals surface area contributed by atoms with E-state index in [1.807, 2.05) is 30.3 Å². The highest BCUT2D eigenvalue weighted by atomic mass is 16.2. The maximum absolute atomic E-state index is 12.5. The fourth-order valence-corrected chi connectivity index (χ4v) is 2.93. The van der Waals surface area contributed by atoms with Gasteiger partial charge in [-0.2, -0.15) is 0 Å². The number of rotatable bonds is 4.